The third-order valence-electron chi connectivity index (χ3n) is 3.43. The smallest absolute Gasteiger partial charge is 0.137 e. The van der Waals surface area contributed by atoms with Crippen LogP contribution < -0.4 is 5.73 Å². The minimum absolute atomic E-state index is 0.760. The van der Waals surface area contributed by atoms with Gasteiger partial charge in [0.05, 0.1) is 11.9 Å². The lowest BCUT2D eigenvalue weighted by Crippen LogP contribution is -1.85. The predicted octanol–water partition coefficient (Wildman–Crippen LogP) is 3.89. The van der Waals surface area contributed by atoms with Crippen molar-refractivity contribution in [2.24, 2.45) is 0 Å². The molecule has 0 amide bonds. The molecule has 100 valence electrons. The molecule has 3 aromatic rings. The van der Waals surface area contributed by atoms with Gasteiger partial charge in [0, 0.05) is 11.3 Å². The quantitative estimate of drug-likeness (QED) is 0.704. The normalized spacial score (nSPS) is 10.7. The Labute approximate surface area is 118 Å². The van der Waals surface area contributed by atoms with Crippen LogP contribution in [0.25, 0.3) is 22.6 Å². The molecule has 2 aromatic carbocycles. The van der Waals surface area contributed by atoms with Crippen LogP contribution >= 0.6 is 0 Å². The number of imidazole rings is 1. The number of nitrogen functional groups attached to an aromatic ring is 1. The van der Waals surface area contributed by atoms with Gasteiger partial charge in [0.25, 0.3) is 0 Å². The Morgan fingerprint density at radius 2 is 1.60 bits per heavy atom. The van der Waals surface area contributed by atoms with Crippen molar-refractivity contribution in [1.29, 1.82) is 0 Å². The summed E-state index contributed by atoms with van der Waals surface area (Å²) < 4.78 is 0. The molecule has 0 aliphatic heterocycles. The van der Waals surface area contributed by atoms with Gasteiger partial charge in [0.15, 0.2) is 0 Å². The van der Waals surface area contributed by atoms with Gasteiger partial charge in [-0.05, 0) is 41.8 Å². The molecular formula is C17H17N3. The Morgan fingerprint density at radius 3 is 2.25 bits per heavy atom. The molecule has 0 spiro atoms. The van der Waals surface area contributed by atoms with Gasteiger partial charge in [-0.1, -0.05) is 31.2 Å². The number of hydrogen-bond donors (Lipinski definition) is 2. The number of hydrogen-bond acceptors (Lipinski definition) is 2. The molecule has 0 bridgehead atoms. The van der Waals surface area contributed by atoms with Crippen LogP contribution in [0.5, 0.6) is 0 Å². The molecule has 0 saturated heterocycles. The number of benzene rings is 2. The number of rotatable bonds is 3. The molecule has 1 heterocycles. The van der Waals surface area contributed by atoms with E-state index in [-0.39, 0.29) is 0 Å². The zero-order valence-corrected chi connectivity index (χ0v) is 11.4. The zero-order valence-electron chi connectivity index (χ0n) is 11.4. The minimum Gasteiger partial charge on any atom is -0.399 e. The molecule has 0 atom stereocenters. The van der Waals surface area contributed by atoms with Crippen molar-refractivity contribution in [1.82, 2.24) is 9.97 Å². The largest absolute Gasteiger partial charge is 0.399 e. The SMILES string of the molecule is CCc1ccc(-c2cnc(-c3ccc(N)cc3)[nH]2)cc1. The standard InChI is InChI=1S/C17H17N3/c1-2-12-3-5-13(6-4-12)16-11-19-17(20-16)14-7-9-15(18)10-8-14/h3-11H,2,18H2,1H3,(H,19,20). The number of aromatic nitrogens is 2. The topological polar surface area (TPSA) is 54.7 Å². The van der Waals surface area contributed by atoms with Gasteiger partial charge < -0.3 is 10.7 Å². The molecule has 1 aromatic heterocycles. The van der Waals surface area contributed by atoms with Crippen LogP contribution in [-0.2, 0) is 6.42 Å². The summed E-state index contributed by atoms with van der Waals surface area (Å²) in [6, 6.07) is 16.3. The number of nitrogens with two attached hydrogens (primary N) is 1. The second kappa shape index (κ2) is 5.21. The van der Waals surface area contributed by atoms with Gasteiger partial charge in [-0.2, -0.15) is 0 Å². The van der Waals surface area contributed by atoms with E-state index in [2.05, 4.69) is 41.2 Å². The fraction of sp³-hybridized carbons (Fsp3) is 0.118. The second-order valence-electron chi connectivity index (χ2n) is 4.82. The highest BCUT2D eigenvalue weighted by molar-refractivity contribution is 5.65. The first-order valence-corrected chi connectivity index (χ1v) is 6.76. The third kappa shape index (κ3) is 2.43. The van der Waals surface area contributed by atoms with Gasteiger partial charge >= 0.3 is 0 Å². The van der Waals surface area contributed by atoms with E-state index in [1.165, 1.54) is 5.56 Å². The maximum atomic E-state index is 5.70. The summed E-state index contributed by atoms with van der Waals surface area (Å²) in [4.78, 5) is 7.79. The van der Waals surface area contributed by atoms with Crippen molar-refractivity contribution in [3.8, 4) is 22.6 Å². The lowest BCUT2D eigenvalue weighted by Gasteiger charge is -2.00. The van der Waals surface area contributed by atoms with Gasteiger partial charge in [-0.15, -0.1) is 0 Å². The molecule has 0 radical (unpaired) electrons. The first-order valence-electron chi connectivity index (χ1n) is 6.76. The van der Waals surface area contributed by atoms with Crippen LogP contribution in [0.15, 0.2) is 54.7 Å². The fourth-order valence-electron chi connectivity index (χ4n) is 2.18. The number of anilines is 1. The lowest BCUT2D eigenvalue weighted by molar-refractivity contribution is 1.14. The van der Waals surface area contributed by atoms with Crippen LogP contribution in [0.1, 0.15) is 12.5 Å². The highest BCUT2D eigenvalue weighted by atomic mass is 14.9. The van der Waals surface area contributed by atoms with E-state index in [0.29, 0.717) is 0 Å². The van der Waals surface area contributed by atoms with Gasteiger partial charge in [-0.3, -0.25) is 0 Å². The van der Waals surface area contributed by atoms with E-state index in [9.17, 15) is 0 Å². The minimum atomic E-state index is 0.760. The molecular weight excluding hydrogens is 246 g/mol. The molecule has 0 aliphatic rings. The van der Waals surface area contributed by atoms with Crippen molar-refractivity contribution in [2.45, 2.75) is 13.3 Å². The van der Waals surface area contributed by atoms with Crippen molar-refractivity contribution in [3.63, 3.8) is 0 Å². The molecule has 3 nitrogen and oxygen atoms in total. The summed E-state index contributed by atoms with van der Waals surface area (Å²) in [6.45, 7) is 2.16. The van der Waals surface area contributed by atoms with E-state index in [1.807, 2.05) is 30.5 Å². The molecule has 3 N–H and O–H groups in total. The summed E-state index contributed by atoms with van der Waals surface area (Å²) in [5, 5.41) is 0. The average molecular weight is 263 g/mol. The maximum absolute atomic E-state index is 5.70. The Bertz CT molecular complexity index is 694. The molecule has 3 heteroatoms. The Kier molecular flexibility index (Phi) is 3.25. The van der Waals surface area contributed by atoms with Crippen LogP contribution in [-0.4, -0.2) is 9.97 Å². The molecule has 0 fully saturated rings. The highest BCUT2D eigenvalue weighted by Crippen LogP contribution is 2.23. The van der Waals surface area contributed by atoms with E-state index < -0.39 is 0 Å². The zero-order chi connectivity index (χ0) is 13.9. The summed E-state index contributed by atoms with van der Waals surface area (Å²) in [7, 11) is 0. The second-order valence-corrected chi connectivity index (χ2v) is 4.82. The number of nitrogens with one attached hydrogen (secondary N) is 1. The van der Waals surface area contributed by atoms with E-state index in [1.54, 1.807) is 0 Å². The maximum Gasteiger partial charge on any atom is 0.137 e. The van der Waals surface area contributed by atoms with Crippen molar-refractivity contribution in [2.75, 3.05) is 5.73 Å². The third-order valence-corrected chi connectivity index (χ3v) is 3.43. The Morgan fingerprint density at radius 1 is 0.950 bits per heavy atom. The Hall–Kier alpha value is -2.55. The van der Waals surface area contributed by atoms with Gasteiger partial charge in [-0.25, -0.2) is 4.98 Å². The number of nitrogens with zero attached hydrogens (tertiary/aromatic N) is 1. The summed E-state index contributed by atoms with van der Waals surface area (Å²) in [5.41, 5.74) is 11.0. The number of aromatic amines is 1. The fourth-order valence-corrected chi connectivity index (χ4v) is 2.18. The average Bonchev–Trinajstić information content (AvgIpc) is 2.98. The molecule has 0 aliphatic carbocycles. The van der Waals surface area contributed by atoms with Crippen molar-refractivity contribution >= 4 is 5.69 Å². The van der Waals surface area contributed by atoms with Gasteiger partial charge in [0.2, 0.25) is 0 Å². The lowest BCUT2D eigenvalue weighted by atomic mass is 10.1. The molecule has 0 unspecified atom stereocenters. The summed E-state index contributed by atoms with van der Waals surface area (Å²) in [6.07, 6.45) is 2.92. The predicted molar refractivity (Wildman–Crippen MR) is 83.3 cm³/mol. The summed E-state index contributed by atoms with van der Waals surface area (Å²) in [5.74, 6) is 0.861. The number of H-pyrrole nitrogens is 1. The van der Waals surface area contributed by atoms with Crippen LogP contribution in [0.2, 0.25) is 0 Å². The van der Waals surface area contributed by atoms with Crippen LogP contribution in [0.4, 0.5) is 5.69 Å². The van der Waals surface area contributed by atoms with Gasteiger partial charge in [0.1, 0.15) is 5.82 Å². The van der Waals surface area contributed by atoms with Crippen LogP contribution in [0, 0.1) is 0 Å². The first-order chi connectivity index (χ1) is 9.76. The van der Waals surface area contributed by atoms with Crippen molar-refractivity contribution in [3.05, 3.63) is 60.3 Å². The molecule has 3 rings (SSSR count). The van der Waals surface area contributed by atoms with E-state index >= 15 is 0 Å². The highest BCUT2D eigenvalue weighted by Gasteiger charge is 2.05. The van der Waals surface area contributed by atoms with Crippen molar-refractivity contribution < 1.29 is 0 Å². The monoisotopic (exact) mass is 263 g/mol. The van der Waals surface area contributed by atoms with Crippen LogP contribution in [0.3, 0.4) is 0 Å². The van der Waals surface area contributed by atoms with E-state index in [0.717, 1.165) is 34.8 Å². The first kappa shape index (κ1) is 12.5. The Balaban J connectivity index is 1.91. The summed E-state index contributed by atoms with van der Waals surface area (Å²) >= 11 is 0. The number of aryl methyl sites for hydroxylation is 1. The van der Waals surface area contributed by atoms with E-state index in [4.69, 9.17) is 5.73 Å². The molecule has 20 heavy (non-hydrogen) atoms. The molecule has 0 saturated carbocycles.